The standard InChI is InChI=1S/2C47H36N2/c1-31(2)28-32-19-24-38(25-20-32)47(42-17-5-3-15-40(42)41-16-4-6-18-43(41)47)39-14-8-11-36(30-39)35-10-7-12-37(29-35)44-26-23-34-22-21-33-13-9-27-48-45(33)46(34)49-44;1-31(2)29-32-16-25-38(26-17-32)47(42-14-5-3-12-40(42)41-13-4-6-15-43(41)47)39-11-7-9-37(30-39)33-18-20-34(21-19-33)44-27-24-36-23-22-35-10-8-28-48-45(35)46(36)49-44/h3-27,29-31H,28H2,1-2H3;3-28,30-31H,29H2,1-2H3. The van der Waals surface area contributed by atoms with Gasteiger partial charge in [0.25, 0.3) is 0 Å². The van der Waals surface area contributed by atoms with Gasteiger partial charge in [-0.25, -0.2) is 9.97 Å². The predicted molar refractivity (Wildman–Crippen MR) is 408 cm³/mol. The van der Waals surface area contributed by atoms with Crippen LogP contribution in [0.4, 0.5) is 0 Å². The first-order valence-corrected chi connectivity index (χ1v) is 34.5. The number of hydrogen-bond acceptors (Lipinski definition) is 4. The van der Waals surface area contributed by atoms with E-state index in [0.717, 1.165) is 79.0 Å². The van der Waals surface area contributed by atoms with Crippen molar-refractivity contribution in [2.75, 3.05) is 0 Å². The van der Waals surface area contributed by atoms with E-state index in [0.29, 0.717) is 11.8 Å². The van der Waals surface area contributed by atoms with Crippen molar-refractivity contribution in [1.29, 1.82) is 0 Å². The van der Waals surface area contributed by atoms with Gasteiger partial charge in [0.2, 0.25) is 0 Å². The van der Waals surface area contributed by atoms with Crippen LogP contribution in [0, 0.1) is 11.8 Å². The highest BCUT2D eigenvalue weighted by Gasteiger charge is 2.47. The molecule has 0 atom stereocenters. The third-order valence-electron chi connectivity index (χ3n) is 20.4. The lowest BCUT2D eigenvalue weighted by Gasteiger charge is -2.34. The van der Waals surface area contributed by atoms with Crippen LogP contribution in [0.1, 0.15) is 83.3 Å². The van der Waals surface area contributed by atoms with Crippen molar-refractivity contribution in [3.63, 3.8) is 0 Å². The van der Waals surface area contributed by atoms with Gasteiger partial charge in [-0.2, -0.15) is 0 Å². The molecular formula is C94H72N4. The molecule has 2 aliphatic carbocycles. The van der Waals surface area contributed by atoms with Crippen molar-refractivity contribution in [3.8, 4) is 67.0 Å². The topological polar surface area (TPSA) is 51.6 Å². The zero-order valence-electron chi connectivity index (χ0n) is 55.5. The van der Waals surface area contributed by atoms with Gasteiger partial charge in [-0.05, 0) is 167 Å². The number of pyridine rings is 4. The fourth-order valence-electron chi connectivity index (χ4n) is 16.1. The van der Waals surface area contributed by atoms with E-state index in [1.54, 1.807) is 0 Å². The van der Waals surface area contributed by atoms with E-state index in [2.05, 4.69) is 341 Å². The molecule has 98 heavy (non-hydrogen) atoms. The maximum absolute atomic E-state index is 5.15. The van der Waals surface area contributed by atoms with E-state index < -0.39 is 10.8 Å². The molecule has 2 aliphatic rings. The highest BCUT2D eigenvalue weighted by Crippen LogP contribution is 2.58. The van der Waals surface area contributed by atoms with Crippen molar-refractivity contribution >= 4 is 43.6 Å². The van der Waals surface area contributed by atoms with E-state index in [4.69, 9.17) is 9.97 Å². The monoisotopic (exact) mass is 1260 g/mol. The van der Waals surface area contributed by atoms with Gasteiger partial charge in [0.15, 0.2) is 0 Å². The number of rotatable bonds is 12. The van der Waals surface area contributed by atoms with E-state index in [1.807, 2.05) is 24.5 Å². The van der Waals surface area contributed by atoms with Crippen molar-refractivity contribution in [2.45, 2.75) is 51.4 Å². The summed E-state index contributed by atoms with van der Waals surface area (Å²) in [6.07, 6.45) is 5.84. The van der Waals surface area contributed by atoms with Gasteiger partial charge in [-0.3, -0.25) is 9.97 Å². The van der Waals surface area contributed by atoms with E-state index in [9.17, 15) is 0 Å². The smallest absolute Gasteiger partial charge is 0.0972 e. The third-order valence-corrected chi connectivity index (χ3v) is 20.4. The van der Waals surface area contributed by atoms with Gasteiger partial charge < -0.3 is 0 Å². The Kier molecular flexibility index (Phi) is 15.2. The second-order valence-corrected chi connectivity index (χ2v) is 27.4. The average Bonchev–Trinajstić information content (AvgIpc) is 1.54. The Morgan fingerprint density at radius 2 is 0.602 bits per heavy atom. The molecule has 4 heteroatoms. The van der Waals surface area contributed by atoms with Crippen LogP contribution in [0.15, 0.2) is 328 Å². The summed E-state index contributed by atoms with van der Waals surface area (Å²) in [7, 11) is 0. The summed E-state index contributed by atoms with van der Waals surface area (Å²) < 4.78 is 0. The van der Waals surface area contributed by atoms with Crippen molar-refractivity contribution in [2.24, 2.45) is 11.8 Å². The number of hydrogen-bond donors (Lipinski definition) is 0. The summed E-state index contributed by atoms with van der Waals surface area (Å²) in [4.78, 5) is 19.6. The lowest BCUT2D eigenvalue weighted by Crippen LogP contribution is -2.28. The number of benzene rings is 12. The van der Waals surface area contributed by atoms with Crippen LogP contribution < -0.4 is 0 Å². The molecule has 0 fully saturated rings. The summed E-state index contributed by atoms with van der Waals surface area (Å²) >= 11 is 0. The summed E-state index contributed by atoms with van der Waals surface area (Å²) in [6.45, 7) is 9.14. The molecule has 0 aliphatic heterocycles. The average molecular weight is 1260 g/mol. The first-order chi connectivity index (χ1) is 48.2. The molecule has 16 aromatic rings. The normalized spacial score (nSPS) is 13.1. The fraction of sp³-hybridized carbons (Fsp3) is 0.106. The molecule has 12 aromatic carbocycles. The van der Waals surface area contributed by atoms with Crippen LogP contribution in [0.25, 0.3) is 111 Å². The van der Waals surface area contributed by atoms with Crippen molar-refractivity contribution in [1.82, 2.24) is 19.9 Å². The molecule has 4 nitrogen and oxygen atoms in total. The molecule has 0 N–H and O–H groups in total. The molecule has 0 amide bonds. The first-order valence-electron chi connectivity index (χ1n) is 34.5. The lowest BCUT2D eigenvalue weighted by molar-refractivity contribution is 0.646. The lowest BCUT2D eigenvalue weighted by atomic mass is 9.67. The van der Waals surface area contributed by atoms with E-state index in [1.165, 1.54) is 100 Å². The fourth-order valence-corrected chi connectivity index (χ4v) is 16.1. The molecule has 4 aromatic heterocycles. The zero-order chi connectivity index (χ0) is 65.9. The number of nitrogens with zero attached hydrogens (tertiary/aromatic N) is 4. The van der Waals surface area contributed by atoms with Crippen LogP contribution in [-0.2, 0) is 23.7 Å². The van der Waals surface area contributed by atoms with Crippen LogP contribution in [-0.4, -0.2) is 19.9 Å². The minimum Gasteiger partial charge on any atom is -0.254 e. The van der Waals surface area contributed by atoms with Gasteiger partial charge in [0, 0.05) is 45.1 Å². The van der Waals surface area contributed by atoms with Gasteiger partial charge in [0.1, 0.15) is 0 Å². The summed E-state index contributed by atoms with van der Waals surface area (Å²) in [5.74, 6) is 1.23. The number of fused-ring (bicyclic) bond motifs is 12. The minimum absolute atomic E-state index is 0.425. The Balaban J connectivity index is 0.000000147. The minimum atomic E-state index is -0.439. The summed E-state index contributed by atoms with van der Waals surface area (Å²) in [5, 5.41) is 4.40. The third kappa shape index (κ3) is 10.3. The molecule has 4 heterocycles. The van der Waals surface area contributed by atoms with Crippen molar-refractivity contribution in [3.05, 3.63) is 383 Å². The molecule has 0 saturated heterocycles. The van der Waals surface area contributed by atoms with Gasteiger partial charge >= 0.3 is 0 Å². The first kappa shape index (κ1) is 60.0. The van der Waals surface area contributed by atoms with Gasteiger partial charge in [0.05, 0.1) is 44.3 Å². The zero-order valence-corrected chi connectivity index (χ0v) is 55.5. The molecular weight excluding hydrogens is 1190 g/mol. The SMILES string of the molecule is CC(C)Cc1ccc(C2(c3cccc(-c4ccc(-c5ccc6ccc7cccnc7c6n5)cc4)c3)c3ccccc3-c3ccccc32)cc1.CC(C)Cc1ccc(C2(c3cccc(-c4cccc(-c5ccc6ccc7cccnc7c6n5)c4)c3)c3ccccc3-c3ccccc32)cc1. The Morgan fingerprint density at radius 1 is 0.255 bits per heavy atom. The quantitative estimate of drug-likeness (QED) is 0.114. The molecule has 468 valence electrons. The largest absolute Gasteiger partial charge is 0.254 e. The second-order valence-electron chi connectivity index (χ2n) is 27.4. The van der Waals surface area contributed by atoms with Gasteiger partial charge in [-0.15, -0.1) is 0 Å². The highest BCUT2D eigenvalue weighted by molar-refractivity contribution is 6.04. The molecule has 0 bridgehead atoms. The van der Waals surface area contributed by atoms with Crippen LogP contribution in [0.5, 0.6) is 0 Å². The molecule has 0 saturated carbocycles. The Hall–Kier alpha value is -11.7. The Bertz CT molecular complexity index is 5610. The molecule has 18 rings (SSSR count). The van der Waals surface area contributed by atoms with E-state index >= 15 is 0 Å². The van der Waals surface area contributed by atoms with Gasteiger partial charge in [-0.1, -0.05) is 301 Å². The van der Waals surface area contributed by atoms with Crippen LogP contribution >= 0.6 is 0 Å². The molecule has 0 spiro atoms. The molecule has 0 radical (unpaired) electrons. The van der Waals surface area contributed by atoms with Crippen molar-refractivity contribution < 1.29 is 0 Å². The van der Waals surface area contributed by atoms with Crippen LogP contribution in [0.3, 0.4) is 0 Å². The predicted octanol–water partition coefficient (Wildman–Crippen LogP) is 23.4. The highest BCUT2D eigenvalue weighted by atomic mass is 14.8. The summed E-state index contributed by atoms with van der Waals surface area (Å²) in [6, 6.07) is 116. The second kappa shape index (κ2) is 24.8. The van der Waals surface area contributed by atoms with Crippen LogP contribution in [0.2, 0.25) is 0 Å². The Labute approximate surface area is 573 Å². The maximum Gasteiger partial charge on any atom is 0.0972 e. The Morgan fingerprint density at radius 3 is 1.03 bits per heavy atom. The number of aromatic nitrogens is 4. The van der Waals surface area contributed by atoms with E-state index in [-0.39, 0.29) is 0 Å². The molecule has 0 unspecified atom stereocenters. The summed E-state index contributed by atoms with van der Waals surface area (Å²) in [5.41, 5.74) is 30.2. The maximum atomic E-state index is 5.15.